The van der Waals surface area contributed by atoms with Gasteiger partial charge in [0, 0.05) is 5.39 Å². The first kappa shape index (κ1) is 17.7. The normalized spacial score (nSPS) is 10.7. The largest absolute Gasteiger partial charge is 0.325 e. The highest BCUT2D eigenvalue weighted by Gasteiger charge is 2.14. The van der Waals surface area contributed by atoms with E-state index in [0.717, 1.165) is 16.5 Å². The van der Waals surface area contributed by atoms with E-state index in [9.17, 15) is 9.59 Å². The van der Waals surface area contributed by atoms with E-state index in [1.807, 2.05) is 78.9 Å². The molecule has 1 aromatic heterocycles. The summed E-state index contributed by atoms with van der Waals surface area (Å²) in [7, 11) is 0. The van der Waals surface area contributed by atoms with Gasteiger partial charge in [0.2, 0.25) is 5.91 Å². The van der Waals surface area contributed by atoms with Crippen molar-refractivity contribution < 1.29 is 9.59 Å². The van der Waals surface area contributed by atoms with Crippen LogP contribution in [0, 0.1) is 0 Å². The van der Waals surface area contributed by atoms with Crippen molar-refractivity contribution in [1.29, 1.82) is 0 Å². The lowest BCUT2D eigenvalue weighted by Gasteiger charge is -2.07. The fourth-order valence-corrected chi connectivity index (χ4v) is 3.18. The SMILES string of the molecule is O=C(Cc1ccccc1)Nc1cccc2c1cnn2C(=O)Cc1ccccc1. The second-order valence-electron chi connectivity index (χ2n) is 6.56. The molecule has 0 aliphatic heterocycles. The molecule has 28 heavy (non-hydrogen) atoms. The number of amides is 1. The van der Waals surface area contributed by atoms with E-state index >= 15 is 0 Å². The van der Waals surface area contributed by atoms with E-state index in [1.54, 1.807) is 6.20 Å². The minimum absolute atomic E-state index is 0.109. The van der Waals surface area contributed by atoms with Gasteiger partial charge in [-0.25, -0.2) is 0 Å². The van der Waals surface area contributed by atoms with Crippen LogP contribution >= 0.6 is 0 Å². The van der Waals surface area contributed by atoms with Gasteiger partial charge >= 0.3 is 0 Å². The minimum Gasteiger partial charge on any atom is -0.325 e. The molecule has 1 heterocycles. The maximum atomic E-state index is 12.7. The first-order chi connectivity index (χ1) is 13.7. The van der Waals surface area contributed by atoms with Gasteiger partial charge in [-0.2, -0.15) is 9.78 Å². The Bertz CT molecular complexity index is 1120. The van der Waals surface area contributed by atoms with Crippen LogP contribution in [0.2, 0.25) is 0 Å². The molecule has 1 N–H and O–H groups in total. The highest BCUT2D eigenvalue weighted by Crippen LogP contribution is 2.23. The molecule has 0 saturated carbocycles. The smallest absolute Gasteiger partial charge is 0.251 e. The summed E-state index contributed by atoms with van der Waals surface area (Å²) in [5, 5.41) is 7.93. The zero-order valence-corrected chi connectivity index (χ0v) is 15.2. The van der Waals surface area contributed by atoms with Crippen molar-refractivity contribution in [2.45, 2.75) is 12.8 Å². The van der Waals surface area contributed by atoms with Crippen LogP contribution in [0.4, 0.5) is 5.69 Å². The summed E-state index contributed by atoms with van der Waals surface area (Å²) in [6, 6.07) is 24.6. The number of nitrogens with zero attached hydrogens (tertiary/aromatic N) is 2. The van der Waals surface area contributed by atoms with Gasteiger partial charge in [-0.3, -0.25) is 9.59 Å². The number of aromatic nitrogens is 2. The van der Waals surface area contributed by atoms with E-state index < -0.39 is 0 Å². The number of anilines is 1. The number of hydrogen-bond donors (Lipinski definition) is 1. The molecule has 0 fully saturated rings. The molecule has 5 nitrogen and oxygen atoms in total. The van der Waals surface area contributed by atoms with Crippen molar-refractivity contribution in [3.8, 4) is 0 Å². The van der Waals surface area contributed by atoms with Crippen molar-refractivity contribution in [2.75, 3.05) is 5.32 Å². The lowest BCUT2D eigenvalue weighted by molar-refractivity contribution is -0.115. The van der Waals surface area contributed by atoms with Gasteiger partial charge in [-0.05, 0) is 23.3 Å². The molecular weight excluding hydrogens is 350 g/mol. The average molecular weight is 369 g/mol. The number of nitrogens with one attached hydrogen (secondary N) is 1. The van der Waals surface area contributed by atoms with Gasteiger partial charge < -0.3 is 5.32 Å². The van der Waals surface area contributed by atoms with Gasteiger partial charge in [-0.15, -0.1) is 0 Å². The zero-order valence-electron chi connectivity index (χ0n) is 15.2. The van der Waals surface area contributed by atoms with Crippen molar-refractivity contribution in [3.05, 3.63) is 96.2 Å². The molecule has 4 rings (SSSR count). The number of rotatable bonds is 5. The maximum Gasteiger partial charge on any atom is 0.251 e. The summed E-state index contributed by atoms with van der Waals surface area (Å²) in [5.41, 5.74) is 3.21. The van der Waals surface area contributed by atoms with Crippen molar-refractivity contribution in [2.24, 2.45) is 0 Å². The maximum absolute atomic E-state index is 12.7. The minimum atomic E-state index is -0.117. The number of carbonyl (C=O) groups is 2. The third-order valence-electron chi connectivity index (χ3n) is 4.53. The summed E-state index contributed by atoms with van der Waals surface area (Å²) < 4.78 is 1.40. The first-order valence-electron chi connectivity index (χ1n) is 9.08. The highest BCUT2D eigenvalue weighted by molar-refractivity contribution is 6.03. The number of hydrogen-bond acceptors (Lipinski definition) is 3. The van der Waals surface area contributed by atoms with Crippen LogP contribution in [0.15, 0.2) is 85.1 Å². The molecule has 4 aromatic rings. The third-order valence-corrected chi connectivity index (χ3v) is 4.53. The molecule has 0 saturated heterocycles. The van der Waals surface area contributed by atoms with Crippen LogP contribution in [-0.2, 0) is 17.6 Å². The molecule has 0 unspecified atom stereocenters. The molecule has 0 radical (unpaired) electrons. The molecule has 0 atom stereocenters. The van der Waals surface area contributed by atoms with E-state index in [0.29, 0.717) is 11.2 Å². The van der Waals surface area contributed by atoms with Gasteiger partial charge in [0.05, 0.1) is 30.2 Å². The fraction of sp³-hybridized carbons (Fsp3) is 0.0870. The van der Waals surface area contributed by atoms with Crippen molar-refractivity contribution >= 4 is 28.4 Å². The Hall–Kier alpha value is -3.73. The molecule has 0 aliphatic carbocycles. The lowest BCUT2D eigenvalue weighted by Crippen LogP contribution is -2.15. The van der Waals surface area contributed by atoms with Crippen LogP contribution in [0.25, 0.3) is 10.9 Å². The van der Waals surface area contributed by atoms with E-state index in [1.165, 1.54) is 4.68 Å². The second-order valence-corrected chi connectivity index (χ2v) is 6.56. The van der Waals surface area contributed by atoms with Gasteiger partial charge in [0.25, 0.3) is 5.91 Å². The molecular formula is C23H19N3O2. The first-order valence-corrected chi connectivity index (χ1v) is 9.08. The monoisotopic (exact) mass is 369 g/mol. The topological polar surface area (TPSA) is 64.0 Å². The Balaban J connectivity index is 1.55. The molecule has 5 heteroatoms. The Morgan fingerprint density at radius 2 is 1.43 bits per heavy atom. The van der Waals surface area contributed by atoms with Crippen LogP contribution < -0.4 is 5.32 Å². The van der Waals surface area contributed by atoms with E-state index in [-0.39, 0.29) is 24.7 Å². The van der Waals surface area contributed by atoms with E-state index in [2.05, 4.69) is 10.4 Å². The van der Waals surface area contributed by atoms with Crippen molar-refractivity contribution in [3.63, 3.8) is 0 Å². The Morgan fingerprint density at radius 1 is 0.786 bits per heavy atom. The molecule has 0 bridgehead atoms. The molecule has 1 amide bonds. The summed E-state index contributed by atoms with van der Waals surface area (Å²) >= 11 is 0. The Morgan fingerprint density at radius 3 is 2.11 bits per heavy atom. The fourth-order valence-electron chi connectivity index (χ4n) is 3.18. The highest BCUT2D eigenvalue weighted by atomic mass is 16.2. The molecule has 0 spiro atoms. The third kappa shape index (κ3) is 3.83. The van der Waals surface area contributed by atoms with Gasteiger partial charge in [-0.1, -0.05) is 66.7 Å². The van der Waals surface area contributed by atoms with Gasteiger partial charge in [0.15, 0.2) is 0 Å². The van der Waals surface area contributed by atoms with Crippen LogP contribution in [0.1, 0.15) is 15.9 Å². The van der Waals surface area contributed by atoms with Gasteiger partial charge in [0.1, 0.15) is 0 Å². The average Bonchev–Trinajstić information content (AvgIpc) is 3.15. The predicted octanol–water partition coefficient (Wildman–Crippen LogP) is 4.10. The zero-order chi connectivity index (χ0) is 19.3. The Kier molecular flexibility index (Phi) is 4.97. The number of carbonyl (C=O) groups excluding carboxylic acids is 2. The molecule has 3 aromatic carbocycles. The Labute approximate surface area is 162 Å². The summed E-state index contributed by atoms with van der Waals surface area (Å²) in [5.74, 6) is -0.226. The number of fused-ring (bicyclic) bond motifs is 1. The van der Waals surface area contributed by atoms with E-state index in [4.69, 9.17) is 0 Å². The summed E-state index contributed by atoms with van der Waals surface area (Å²) in [6.45, 7) is 0. The lowest BCUT2D eigenvalue weighted by atomic mass is 10.1. The van der Waals surface area contributed by atoms with Crippen LogP contribution in [0.5, 0.6) is 0 Å². The number of benzene rings is 3. The second kappa shape index (κ2) is 7.88. The quantitative estimate of drug-likeness (QED) is 0.576. The standard InChI is InChI=1S/C23H19N3O2/c27-22(14-17-8-3-1-4-9-17)25-20-12-7-13-21-19(20)16-24-26(21)23(28)15-18-10-5-2-6-11-18/h1-13,16H,14-15H2,(H,25,27). The molecule has 138 valence electrons. The van der Waals surface area contributed by atoms with Crippen LogP contribution in [-0.4, -0.2) is 21.6 Å². The van der Waals surface area contributed by atoms with Crippen LogP contribution in [0.3, 0.4) is 0 Å². The predicted molar refractivity (Wildman–Crippen MR) is 109 cm³/mol. The van der Waals surface area contributed by atoms with Crippen molar-refractivity contribution in [1.82, 2.24) is 9.78 Å². The summed E-state index contributed by atoms with van der Waals surface area (Å²) in [4.78, 5) is 25.1. The molecule has 0 aliphatic rings. The summed E-state index contributed by atoms with van der Waals surface area (Å²) in [6.07, 6.45) is 2.18.